The third-order valence-electron chi connectivity index (χ3n) is 4.31. The first-order chi connectivity index (χ1) is 9.67. The predicted octanol–water partition coefficient (Wildman–Crippen LogP) is 1.30. The molecule has 5 nitrogen and oxygen atoms in total. The molecule has 1 fully saturated rings. The van der Waals surface area contributed by atoms with Crippen LogP contribution in [0.3, 0.4) is 0 Å². The Hall–Kier alpha value is -1.75. The standard InChI is InChI=1S/C15H22N4O/c1-2-18-5-7-19(8-6-18)14-9-11-3-4-15(20)17-13(11)10-12(14)16/h9-10H,2-8,16H2,1H3,(H,17,20). The van der Waals surface area contributed by atoms with E-state index in [1.807, 2.05) is 6.07 Å². The maximum atomic E-state index is 11.4. The van der Waals surface area contributed by atoms with E-state index < -0.39 is 0 Å². The molecule has 1 amide bonds. The highest BCUT2D eigenvalue weighted by atomic mass is 16.1. The maximum Gasteiger partial charge on any atom is 0.224 e. The number of piperazine rings is 1. The van der Waals surface area contributed by atoms with E-state index in [-0.39, 0.29) is 5.91 Å². The second-order valence-corrected chi connectivity index (χ2v) is 5.54. The molecule has 2 aliphatic heterocycles. The van der Waals surface area contributed by atoms with Gasteiger partial charge in [0.15, 0.2) is 0 Å². The fraction of sp³-hybridized carbons (Fsp3) is 0.533. The third-order valence-corrected chi connectivity index (χ3v) is 4.31. The molecule has 0 aliphatic carbocycles. The average molecular weight is 274 g/mol. The number of benzene rings is 1. The summed E-state index contributed by atoms with van der Waals surface area (Å²) in [6.07, 6.45) is 1.38. The van der Waals surface area contributed by atoms with Crippen molar-refractivity contribution < 1.29 is 4.79 Å². The topological polar surface area (TPSA) is 61.6 Å². The van der Waals surface area contributed by atoms with Crippen LogP contribution < -0.4 is 16.0 Å². The molecule has 0 atom stereocenters. The van der Waals surface area contributed by atoms with E-state index in [0.29, 0.717) is 6.42 Å². The van der Waals surface area contributed by atoms with Gasteiger partial charge in [-0.1, -0.05) is 6.92 Å². The Morgan fingerprint density at radius 2 is 1.95 bits per heavy atom. The van der Waals surface area contributed by atoms with Crippen LogP contribution in [0.2, 0.25) is 0 Å². The fourth-order valence-electron chi connectivity index (χ4n) is 3.01. The molecule has 0 bridgehead atoms. The molecular formula is C15H22N4O. The van der Waals surface area contributed by atoms with Crippen LogP contribution in [-0.2, 0) is 11.2 Å². The summed E-state index contributed by atoms with van der Waals surface area (Å²) < 4.78 is 0. The quantitative estimate of drug-likeness (QED) is 0.798. The van der Waals surface area contributed by atoms with Crippen molar-refractivity contribution in [3.05, 3.63) is 17.7 Å². The number of nitrogen functional groups attached to an aromatic ring is 1. The van der Waals surface area contributed by atoms with Gasteiger partial charge in [-0.3, -0.25) is 4.79 Å². The summed E-state index contributed by atoms with van der Waals surface area (Å²) in [5.74, 6) is 0.0845. The molecule has 0 unspecified atom stereocenters. The average Bonchev–Trinajstić information content (AvgIpc) is 2.46. The fourth-order valence-corrected chi connectivity index (χ4v) is 3.01. The molecule has 0 spiro atoms. The van der Waals surface area contributed by atoms with E-state index in [9.17, 15) is 4.79 Å². The monoisotopic (exact) mass is 274 g/mol. The molecular weight excluding hydrogens is 252 g/mol. The first kappa shape index (κ1) is 13.2. The maximum absolute atomic E-state index is 11.4. The lowest BCUT2D eigenvalue weighted by Gasteiger charge is -2.36. The van der Waals surface area contributed by atoms with E-state index >= 15 is 0 Å². The Morgan fingerprint density at radius 3 is 2.65 bits per heavy atom. The molecule has 0 aromatic heterocycles. The molecule has 3 N–H and O–H groups in total. The van der Waals surface area contributed by atoms with E-state index in [4.69, 9.17) is 5.73 Å². The normalized spacial score (nSPS) is 19.6. The first-order valence-corrected chi connectivity index (χ1v) is 7.37. The predicted molar refractivity (Wildman–Crippen MR) is 82.1 cm³/mol. The molecule has 2 heterocycles. The molecule has 1 aromatic rings. The van der Waals surface area contributed by atoms with Crippen molar-refractivity contribution in [1.29, 1.82) is 0 Å². The SMILES string of the molecule is CCN1CCN(c2cc3c(cc2N)NC(=O)CC3)CC1. The largest absolute Gasteiger partial charge is 0.397 e. The Labute approximate surface area is 119 Å². The highest BCUT2D eigenvalue weighted by Crippen LogP contribution is 2.33. The van der Waals surface area contributed by atoms with Gasteiger partial charge in [0.2, 0.25) is 5.91 Å². The van der Waals surface area contributed by atoms with Gasteiger partial charge in [-0.15, -0.1) is 0 Å². The Kier molecular flexibility index (Phi) is 3.53. The molecule has 0 saturated carbocycles. The number of carbonyl (C=O) groups excluding carboxylic acids is 1. The second-order valence-electron chi connectivity index (χ2n) is 5.54. The van der Waals surface area contributed by atoms with Gasteiger partial charge >= 0.3 is 0 Å². The Morgan fingerprint density at radius 1 is 1.20 bits per heavy atom. The zero-order valence-corrected chi connectivity index (χ0v) is 12.0. The van der Waals surface area contributed by atoms with Gasteiger partial charge in [0.1, 0.15) is 0 Å². The van der Waals surface area contributed by atoms with Crippen LogP contribution in [0.4, 0.5) is 17.1 Å². The molecule has 3 rings (SSSR count). The van der Waals surface area contributed by atoms with Gasteiger partial charge in [0.05, 0.1) is 11.4 Å². The van der Waals surface area contributed by atoms with Crippen LogP contribution in [0.25, 0.3) is 0 Å². The molecule has 2 aliphatic rings. The number of fused-ring (bicyclic) bond motifs is 1. The number of rotatable bonds is 2. The van der Waals surface area contributed by atoms with Gasteiger partial charge in [0, 0.05) is 38.3 Å². The van der Waals surface area contributed by atoms with Crippen LogP contribution >= 0.6 is 0 Å². The van der Waals surface area contributed by atoms with Crippen molar-refractivity contribution in [3.8, 4) is 0 Å². The lowest BCUT2D eigenvalue weighted by Crippen LogP contribution is -2.46. The Bertz CT molecular complexity index is 521. The minimum absolute atomic E-state index is 0.0845. The minimum Gasteiger partial charge on any atom is -0.397 e. The van der Waals surface area contributed by atoms with Crippen molar-refractivity contribution in [2.75, 3.05) is 48.7 Å². The summed E-state index contributed by atoms with van der Waals surface area (Å²) in [7, 11) is 0. The Balaban J connectivity index is 1.82. The number of aryl methyl sites for hydroxylation is 1. The van der Waals surface area contributed by atoms with E-state index in [1.165, 1.54) is 5.56 Å². The number of amides is 1. The lowest BCUT2D eigenvalue weighted by atomic mass is 10.0. The number of carbonyl (C=O) groups is 1. The van der Waals surface area contributed by atoms with E-state index in [1.54, 1.807) is 0 Å². The van der Waals surface area contributed by atoms with Crippen LogP contribution in [0.15, 0.2) is 12.1 Å². The lowest BCUT2D eigenvalue weighted by molar-refractivity contribution is -0.116. The van der Waals surface area contributed by atoms with Crippen molar-refractivity contribution in [2.24, 2.45) is 0 Å². The van der Waals surface area contributed by atoms with Gasteiger partial charge in [-0.2, -0.15) is 0 Å². The third kappa shape index (κ3) is 2.45. The molecule has 1 saturated heterocycles. The first-order valence-electron chi connectivity index (χ1n) is 7.37. The summed E-state index contributed by atoms with van der Waals surface area (Å²) in [4.78, 5) is 16.2. The number of nitrogens with two attached hydrogens (primary N) is 1. The number of hydrogen-bond acceptors (Lipinski definition) is 4. The van der Waals surface area contributed by atoms with Crippen molar-refractivity contribution in [2.45, 2.75) is 19.8 Å². The zero-order chi connectivity index (χ0) is 14.1. The number of nitrogens with zero attached hydrogens (tertiary/aromatic N) is 2. The smallest absolute Gasteiger partial charge is 0.224 e. The molecule has 5 heteroatoms. The highest BCUT2D eigenvalue weighted by Gasteiger charge is 2.21. The number of nitrogens with one attached hydrogen (secondary N) is 1. The summed E-state index contributed by atoms with van der Waals surface area (Å²) in [5.41, 5.74) is 10.1. The van der Waals surface area contributed by atoms with Gasteiger partial charge in [-0.25, -0.2) is 0 Å². The van der Waals surface area contributed by atoms with Gasteiger partial charge < -0.3 is 20.9 Å². The van der Waals surface area contributed by atoms with Crippen molar-refractivity contribution >= 4 is 23.0 Å². The van der Waals surface area contributed by atoms with Crippen LogP contribution in [0.1, 0.15) is 18.9 Å². The summed E-state index contributed by atoms with van der Waals surface area (Å²) in [5, 5.41) is 2.90. The van der Waals surface area contributed by atoms with Gasteiger partial charge in [0.25, 0.3) is 0 Å². The minimum atomic E-state index is 0.0845. The van der Waals surface area contributed by atoms with E-state index in [2.05, 4.69) is 28.1 Å². The number of likely N-dealkylation sites (N-methyl/N-ethyl adjacent to an activating group) is 1. The number of anilines is 3. The van der Waals surface area contributed by atoms with Gasteiger partial charge in [-0.05, 0) is 30.7 Å². The summed E-state index contributed by atoms with van der Waals surface area (Å²) in [6, 6.07) is 4.07. The van der Waals surface area contributed by atoms with E-state index in [0.717, 1.165) is 56.2 Å². The van der Waals surface area contributed by atoms with Crippen LogP contribution in [0, 0.1) is 0 Å². The highest BCUT2D eigenvalue weighted by molar-refractivity contribution is 5.95. The molecule has 0 radical (unpaired) electrons. The molecule has 20 heavy (non-hydrogen) atoms. The number of hydrogen-bond donors (Lipinski definition) is 2. The van der Waals surface area contributed by atoms with Crippen molar-refractivity contribution in [3.63, 3.8) is 0 Å². The molecule has 108 valence electrons. The van der Waals surface area contributed by atoms with Crippen LogP contribution in [-0.4, -0.2) is 43.5 Å². The molecule has 1 aromatic carbocycles. The summed E-state index contributed by atoms with van der Waals surface area (Å²) in [6.45, 7) is 7.52. The second kappa shape index (κ2) is 5.32. The zero-order valence-electron chi connectivity index (χ0n) is 12.0. The van der Waals surface area contributed by atoms with Crippen LogP contribution in [0.5, 0.6) is 0 Å². The summed E-state index contributed by atoms with van der Waals surface area (Å²) >= 11 is 0. The van der Waals surface area contributed by atoms with Crippen molar-refractivity contribution in [1.82, 2.24) is 4.90 Å².